The van der Waals surface area contributed by atoms with Gasteiger partial charge in [-0.25, -0.2) is 0 Å². The van der Waals surface area contributed by atoms with Crippen molar-refractivity contribution < 1.29 is 14.4 Å². The molecule has 1 aliphatic carbocycles. The van der Waals surface area contributed by atoms with Crippen molar-refractivity contribution in [2.45, 2.75) is 44.6 Å². The van der Waals surface area contributed by atoms with Crippen LogP contribution in [0.5, 0.6) is 0 Å². The fraction of sp³-hybridized carbons (Fsp3) is 0.409. The van der Waals surface area contributed by atoms with Crippen LogP contribution in [0.25, 0.3) is 0 Å². The number of nitrogens with one attached hydrogen (secondary N) is 2. The molecule has 3 amide bonds. The van der Waals surface area contributed by atoms with Crippen molar-refractivity contribution in [2.75, 3.05) is 16.8 Å². The predicted octanol–water partition coefficient (Wildman–Crippen LogP) is 3.86. The van der Waals surface area contributed by atoms with E-state index in [9.17, 15) is 14.4 Å². The quantitative estimate of drug-likeness (QED) is 0.758. The highest BCUT2D eigenvalue weighted by Gasteiger charge is 2.30. The van der Waals surface area contributed by atoms with Gasteiger partial charge >= 0.3 is 0 Å². The number of rotatable bonds is 6. The maximum Gasteiger partial charge on any atom is 0.244 e. The summed E-state index contributed by atoms with van der Waals surface area (Å²) in [6.45, 7) is -0.0165. The molecule has 1 saturated carbocycles. The Hall–Kier alpha value is -2.67. The number of hydrogen-bond donors (Lipinski definition) is 2. The van der Waals surface area contributed by atoms with E-state index in [2.05, 4.69) is 16.7 Å². The smallest absolute Gasteiger partial charge is 0.244 e. The fourth-order valence-corrected chi connectivity index (χ4v) is 5.11. The van der Waals surface area contributed by atoms with E-state index < -0.39 is 0 Å². The van der Waals surface area contributed by atoms with Crippen LogP contribution in [0.4, 0.5) is 11.4 Å². The highest BCUT2D eigenvalue weighted by molar-refractivity contribution is 7.10. The molecular formula is C22H25N3O3S. The molecule has 1 atom stereocenters. The first-order chi connectivity index (χ1) is 14.1. The Morgan fingerprint density at radius 1 is 1.14 bits per heavy atom. The predicted molar refractivity (Wildman–Crippen MR) is 114 cm³/mol. The summed E-state index contributed by atoms with van der Waals surface area (Å²) in [4.78, 5) is 40.0. The van der Waals surface area contributed by atoms with E-state index in [1.807, 2.05) is 23.6 Å². The van der Waals surface area contributed by atoms with Crippen LogP contribution in [0.2, 0.25) is 0 Å². The van der Waals surface area contributed by atoms with Crippen LogP contribution in [0.1, 0.15) is 49.4 Å². The summed E-state index contributed by atoms with van der Waals surface area (Å²) < 4.78 is 0. The third kappa shape index (κ3) is 4.50. The number of para-hydroxylation sites is 2. The van der Waals surface area contributed by atoms with Gasteiger partial charge in [-0.05, 0) is 42.3 Å². The van der Waals surface area contributed by atoms with Gasteiger partial charge in [0.05, 0.1) is 17.4 Å². The Kier molecular flexibility index (Phi) is 5.94. The Balaban J connectivity index is 1.38. The minimum atomic E-state index is -0.222. The topological polar surface area (TPSA) is 78.5 Å². The molecule has 29 heavy (non-hydrogen) atoms. The lowest BCUT2D eigenvalue weighted by molar-refractivity contribution is -0.126. The van der Waals surface area contributed by atoms with Gasteiger partial charge in [0.25, 0.3) is 0 Å². The molecule has 0 saturated heterocycles. The van der Waals surface area contributed by atoms with Crippen molar-refractivity contribution in [3.63, 3.8) is 0 Å². The number of thiophene rings is 1. The van der Waals surface area contributed by atoms with Crippen molar-refractivity contribution >= 4 is 40.4 Å². The first-order valence-electron chi connectivity index (χ1n) is 10.1. The number of nitrogens with zero attached hydrogens (tertiary/aromatic N) is 1. The number of fused-ring (bicyclic) bond motifs is 1. The second-order valence-electron chi connectivity index (χ2n) is 7.65. The molecule has 2 aromatic rings. The van der Waals surface area contributed by atoms with E-state index in [1.165, 1.54) is 22.6 Å². The molecule has 2 aliphatic rings. The van der Waals surface area contributed by atoms with E-state index in [0.717, 1.165) is 12.8 Å². The van der Waals surface area contributed by atoms with Gasteiger partial charge in [0, 0.05) is 17.7 Å². The lowest BCUT2D eigenvalue weighted by Crippen LogP contribution is -2.42. The number of amides is 3. The zero-order valence-electron chi connectivity index (χ0n) is 16.2. The minimum absolute atomic E-state index is 0.0165. The van der Waals surface area contributed by atoms with E-state index in [0.29, 0.717) is 17.3 Å². The van der Waals surface area contributed by atoms with Crippen LogP contribution in [-0.4, -0.2) is 24.3 Å². The Bertz CT molecular complexity index is 890. The van der Waals surface area contributed by atoms with Gasteiger partial charge in [0.2, 0.25) is 17.7 Å². The van der Waals surface area contributed by atoms with Gasteiger partial charge in [0.15, 0.2) is 0 Å². The number of benzene rings is 1. The van der Waals surface area contributed by atoms with Crippen molar-refractivity contribution in [3.05, 3.63) is 46.7 Å². The summed E-state index contributed by atoms with van der Waals surface area (Å²) in [5.41, 5.74) is 1.31. The van der Waals surface area contributed by atoms with Crippen LogP contribution in [0.3, 0.4) is 0 Å². The number of carbonyl (C=O) groups excluding carboxylic acids is 3. The average Bonchev–Trinajstić information content (AvgIpc) is 3.44. The van der Waals surface area contributed by atoms with E-state index in [-0.39, 0.29) is 43.1 Å². The first kappa shape index (κ1) is 19.6. The summed E-state index contributed by atoms with van der Waals surface area (Å²) in [7, 11) is 0. The third-order valence-electron chi connectivity index (χ3n) is 5.68. The van der Waals surface area contributed by atoms with Crippen LogP contribution < -0.4 is 15.5 Å². The minimum Gasteiger partial charge on any atom is -0.348 e. The molecule has 1 fully saturated rings. The van der Waals surface area contributed by atoms with E-state index >= 15 is 0 Å². The summed E-state index contributed by atoms with van der Waals surface area (Å²) in [5.74, 6) is -0.0825. The molecule has 152 valence electrons. The zero-order chi connectivity index (χ0) is 20.2. The van der Waals surface area contributed by atoms with Crippen molar-refractivity contribution in [3.8, 4) is 0 Å². The SMILES string of the molecule is O=C1CN(C(=O)CCC(=O)N[C@H](c2cccs2)C2CCCC2)c2ccccc2N1. The Labute approximate surface area is 174 Å². The molecule has 1 aromatic carbocycles. The number of hydrogen-bond acceptors (Lipinski definition) is 4. The number of carbonyl (C=O) groups is 3. The second-order valence-corrected chi connectivity index (χ2v) is 8.63. The summed E-state index contributed by atoms with van der Waals surface area (Å²) in [5, 5.41) is 7.97. The Morgan fingerprint density at radius 2 is 1.93 bits per heavy atom. The molecule has 6 nitrogen and oxygen atoms in total. The van der Waals surface area contributed by atoms with Gasteiger partial charge in [-0.15, -0.1) is 11.3 Å². The summed E-state index contributed by atoms with van der Waals surface area (Å²) >= 11 is 1.67. The molecular weight excluding hydrogens is 386 g/mol. The molecule has 0 spiro atoms. The fourth-order valence-electron chi connectivity index (χ4n) is 4.24. The summed E-state index contributed by atoms with van der Waals surface area (Å²) in [6.07, 6.45) is 4.86. The molecule has 1 aromatic heterocycles. The highest BCUT2D eigenvalue weighted by atomic mass is 32.1. The largest absolute Gasteiger partial charge is 0.348 e. The van der Waals surface area contributed by atoms with Crippen molar-refractivity contribution in [1.29, 1.82) is 0 Å². The maximum atomic E-state index is 12.7. The van der Waals surface area contributed by atoms with Crippen LogP contribution in [0.15, 0.2) is 41.8 Å². The molecule has 2 N–H and O–H groups in total. The molecule has 0 radical (unpaired) electrons. The van der Waals surface area contributed by atoms with Crippen LogP contribution >= 0.6 is 11.3 Å². The van der Waals surface area contributed by atoms with Gasteiger partial charge < -0.3 is 15.5 Å². The van der Waals surface area contributed by atoms with Gasteiger partial charge in [0.1, 0.15) is 6.54 Å². The monoisotopic (exact) mass is 411 g/mol. The van der Waals surface area contributed by atoms with Crippen molar-refractivity contribution in [1.82, 2.24) is 5.32 Å². The second kappa shape index (κ2) is 8.78. The Morgan fingerprint density at radius 3 is 2.69 bits per heavy atom. The molecule has 4 rings (SSSR count). The standard InChI is InChI=1S/C22H25N3O3S/c26-19(24-22(15-6-1-2-7-15)18-10-5-13-29-18)11-12-21(28)25-14-20(27)23-16-8-3-4-9-17(16)25/h3-5,8-10,13,15,22H,1-2,6-7,11-12,14H2,(H,23,27)(H,24,26)/t22-/m0/s1. The zero-order valence-corrected chi connectivity index (χ0v) is 17.0. The molecule has 1 aliphatic heterocycles. The number of anilines is 2. The van der Waals surface area contributed by atoms with Crippen LogP contribution in [0, 0.1) is 5.92 Å². The van der Waals surface area contributed by atoms with Crippen molar-refractivity contribution in [2.24, 2.45) is 5.92 Å². The molecule has 2 heterocycles. The lowest BCUT2D eigenvalue weighted by Gasteiger charge is -2.29. The third-order valence-corrected chi connectivity index (χ3v) is 6.63. The molecule has 0 bridgehead atoms. The molecule has 0 unspecified atom stereocenters. The summed E-state index contributed by atoms with van der Waals surface area (Å²) in [6, 6.07) is 11.3. The maximum absolute atomic E-state index is 12.7. The van der Waals surface area contributed by atoms with E-state index in [4.69, 9.17) is 0 Å². The van der Waals surface area contributed by atoms with Crippen LogP contribution in [-0.2, 0) is 14.4 Å². The van der Waals surface area contributed by atoms with Gasteiger partial charge in [-0.1, -0.05) is 31.0 Å². The average molecular weight is 412 g/mol. The van der Waals surface area contributed by atoms with E-state index in [1.54, 1.807) is 23.5 Å². The molecule has 7 heteroatoms. The van der Waals surface area contributed by atoms with Gasteiger partial charge in [-0.2, -0.15) is 0 Å². The first-order valence-corrected chi connectivity index (χ1v) is 11.0. The normalized spacial score (nSPS) is 17.5. The highest BCUT2D eigenvalue weighted by Crippen LogP contribution is 2.37. The van der Waals surface area contributed by atoms with Gasteiger partial charge in [-0.3, -0.25) is 14.4 Å². The lowest BCUT2D eigenvalue weighted by atomic mass is 9.96.